The molecule has 1 heterocycles. The summed E-state index contributed by atoms with van der Waals surface area (Å²) in [6.07, 6.45) is 6.16. The molecule has 0 unspecified atom stereocenters. The molecular formula is C21H27F2N5O. The lowest BCUT2D eigenvalue weighted by atomic mass is 10.2. The molecule has 0 atom stereocenters. The molecule has 1 aromatic heterocycles. The molecule has 0 fully saturated rings. The number of benzene rings is 1. The van der Waals surface area contributed by atoms with Gasteiger partial charge in [0.15, 0.2) is 5.82 Å². The van der Waals surface area contributed by atoms with E-state index in [0.29, 0.717) is 18.5 Å². The first-order valence-corrected chi connectivity index (χ1v) is 9.70. The number of carbonyl (C=O) groups is 1. The average Bonchev–Trinajstić information content (AvgIpc) is 2.72. The first-order chi connectivity index (χ1) is 14.0. The highest BCUT2D eigenvalue weighted by Crippen LogP contribution is 2.31. The summed E-state index contributed by atoms with van der Waals surface area (Å²) < 4.78 is 28.5. The fourth-order valence-corrected chi connectivity index (χ4v) is 2.93. The van der Waals surface area contributed by atoms with Crippen molar-refractivity contribution >= 4 is 29.9 Å². The highest BCUT2D eigenvalue weighted by molar-refractivity contribution is 5.88. The predicted octanol–water partition coefficient (Wildman–Crippen LogP) is 4.23. The number of hydrogen-bond donors (Lipinski definition) is 1. The van der Waals surface area contributed by atoms with Crippen LogP contribution in [0.2, 0.25) is 0 Å². The fraction of sp³-hybridized carbons (Fsp3) is 0.381. The Balaban J connectivity index is 2.29. The largest absolute Gasteiger partial charge is 0.354 e. The van der Waals surface area contributed by atoms with Gasteiger partial charge in [-0.3, -0.25) is 9.69 Å². The van der Waals surface area contributed by atoms with E-state index in [4.69, 9.17) is 0 Å². The maximum Gasteiger partial charge on any atom is 0.224 e. The van der Waals surface area contributed by atoms with Crippen molar-refractivity contribution in [2.45, 2.75) is 27.2 Å². The molecule has 0 saturated carbocycles. The van der Waals surface area contributed by atoms with Gasteiger partial charge in [-0.25, -0.2) is 13.8 Å². The van der Waals surface area contributed by atoms with Gasteiger partial charge in [0.2, 0.25) is 12.4 Å². The van der Waals surface area contributed by atoms with Gasteiger partial charge in [0.25, 0.3) is 0 Å². The summed E-state index contributed by atoms with van der Waals surface area (Å²) in [5.41, 5.74) is -0.00428. The van der Waals surface area contributed by atoms with E-state index < -0.39 is 17.3 Å². The zero-order chi connectivity index (χ0) is 21.2. The van der Waals surface area contributed by atoms with Crippen LogP contribution in [0.5, 0.6) is 0 Å². The zero-order valence-corrected chi connectivity index (χ0v) is 17.0. The van der Waals surface area contributed by atoms with Crippen LogP contribution in [-0.2, 0) is 4.79 Å². The summed E-state index contributed by atoms with van der Waals surface area (Å²) >= 11 is 0. The number of hydrogen-bond acceptors (Lipinski definition) is 5. The van der Waals surface area contributed by atoms with E-state index in [-0.39, 0.29) is 11.8 Å². The summed E-state index contributed by atoms with van der Waals surface area (Å²) in [5.74, 6) is -1.31. The number of rotatable bonds is 11. The Labute approximate surface area is 170 Å². The van der Waals surface area contributed by atoms with Gasteiger partial charge in [-0.1, -0.05) is 32.1 Å². The Morgan fingerprint density at radius 3 is 2.45 bits per heavy atom. The van der Waals surface area contributed by atoms with E-state index >= 15 is 0 Å². The van der Waals surface area contributed by atoms with Crippen LogP contribution < -0.4 is 10.2 Å². The third-order valence-electron chi connectivity index (χ3n) is 4.48. The van der Waals surface area contributed by atoms with Crippen molar-refractivity contribution in [3.05, 3.63) is 47.7 Å². The molecule has 2 aromatic rings. The molecule has 1 N–H and O–H groups in total. The molecule has 0 radical (unpaired) electrons. The van der Waals surface area contributed by atoms with Crippen LogP contribution in [0.1, 0.15) is 32.8 Å². The number of allylic oxidation sites excluding steroid dienone is 1. The second kappa shape index (κ2) is 11.2. The van der Waals surface area contributed by atoms with Gasteiger partial charge in [-0.05, 0) is 45.1 Å². The number of nitrogens with zero attached hydrogens (tertiary/aromatic N) is 4. The van der Waals surface area contributed by atoms with Gasteiger partial charge in [-0.15, -0.1) is 0 Å². The Morgan fingerprint density at radius 2 is 1.86 bits per heavy atom. The second-order valence-electron chi connectivity index (χ2n) is 6.33. The Hall–Kier alpha value is -2.87. The minimum Gasteiger partial charge on any atom is -0.354 e. The lowest BCUT2D eigenvalue weighted by Crippen LogP contribution is -2.25. The van der Waals surface area contributed by atoms with E-state index in [9.17, 15) is 13.6 Å². The first kappa shape index (κ1) is 22.4. The van der Waals surface area contributed by atoms with Crippen LogP contribution in [0.4, 0.5) is 26.2 Å². The van der Waals surface area contributed by atoms with Crippen molar-refractivity contribution < 1.29 is 13.6 Å². The van der Waals surface area contributed by atoms with Gasteiger partial charge >= 0.3 is 0 Å². The summed E-state index contributed by atoms with van der Waals surface area (Å²) in [4.78, 5) is 23.5. The number of amides is 1. The second-order valence-corrected chi connectivity index (χ2v) is 6.33. The molecule has 6 nitrogen and oxygen atoms in total. The van der Waals surface area contributed by atoms with Crippen LogP contribution >= 0.6 is 0 Å². The molecule has 8 heteroatoms. The molecule has 0 aliphatic rings. The summed E-state index contributed by atoms with van der Waals surface area (Å²) in [5, 5.41) is 3.11. The van der Waals surface area contributed by atoms with Crippen LogP contribution in [0.3, 0.4) is 0 Å². The minimum absolute atomic E-state index is 0.100. The van der Waals surface area contributed by atoms with Gasteiger partial charge in [0, 0.05) is 18.3 Å². The van der Waals surface area contributed by atoms with Crippen LogP contribution in [0.15, 0.2) is 30.5 Å². The van der Waals surface area contributed by atoms with Crippen molar-refractivity contribution in [2.75, 3.05) is 36.4 Å². The van der Waals surface area contributed by atoms with E-state index in [2.05, 4.69) is 34.0 Å². The summed E-state index contributed by atoms with van der Waals surface area (Å²) in [6.45, 7) is 9.55. The third-order valence-corrected chi connectivity index (χ3v) is 4.48. The SMILES string of the molecule is C/C=C\c1cnc(NCCCN(CC)CC)nc1N(C=O)c1c(F)cccc1F. The fourth-order valence-electron chi connectivity index (χ4n) is 2.93. The highest BCUT2D eigenvalue weighted by atomic mass is 19.1. The van der Waals surface area contributed by atoms with Crippen molar-refractivity contribution in [1.29, 1.82) is 0 Å². The minimum atomic E-state index is -0.851. The number of nitrogens with one attached hydrogen (secondary N) is 1. The Bertz CT molecular complexity index is 820. The molecule has 0 aliphatic heterocycles. The van der Waals surface area contributed by atoms with Gasteiger partial charge in [0.1, 0.15) is 17.3 Å². The van der Waals surface area contributed by atoms with Crippen LogP contribution in [0.25, 0.3) is 6.08 Å². The lowest BCUT2D eigenvalue weighted by Gasteiger charge is -2.21. The molecule has 2 rings (SSSR count). The maximum atomic E-state index is 14.3. The molecule has 0 bridgehead atoms. The van der Waals surface area contributed by atoms with Gasteiger partial charge in [-0.2, -0.15) is 4.98 Å². The maximum absolute atomic E-state index is 14.3. The molecule has 1 aromatic carbocycles. The Kier molecular flexibility index (Phi) is 8.67. The van der Waals surface area contributed by atoms with Crippen molar-refractivity contribution in [3.63, 3.8) is 0 Å². The molecule has 29 heavy (non-hydrogen) atoms. The van der Waals surface area contributed by atoms with Gasteiger partial charge < -0.3 is 10.2 Å². The Morgan fingerprint density at radius 1 is 1.17 bits per heavy atom. The van der Waals surface area contributed by atoms with Crippen molar-refractivity contribution in [3.8, 4) is 0 Å². The lowest BCUT2D eigenvalue weighted by molar-refractivity contribution is -0.106. The monoisotopic (exact) mass is 403 g/mol. The number of carbonyl (C=O) groups excluding carboxylic acids is 1. The van der Waals surface area contributed by atoms with Crippen LogP contribution in [-0.4, -0.2) is 47.5 Å². The van der Waals surface area contributed by atoms with Crippen molar-refractivity contribution in [1.82, 2.24) is 14.9 Å². The van der Waals surface area contributed by atoms with Gasteiger partial charge in [0.05, 0.1) is 0 Å². The van der Waals surface area contributed by atoms with E-state index in [0.717, 1.165) is 43.1 Å². The first-order valence-electron chi connectivity index (χ1n) is 9.70. The third kappa shape index (κ3) is 5.80. The van der Waals surface area contributed by atoms with E-state index in [1.165, 1.54) is 12.3 Å². The zero-order valence-electron chi connectivity index (χ0n) is 17.0. The normalized spacial score (nSPS) is 11.2. The molecule has 0 spiro atoms. The van der Waals surface area contributed by atoms with Crippen LogP contribution in [0, 0.1) is 11.6 Å². The number of halogens is 2. The molecule has 0 saturated heterocycles. The number of aromatic nitrogens is 2. The van der Waals surface area contributed by atoms with E-state index in [1.54, 1.807) is 19.1 Å². The van der Waals surface area contributed by atoms with E-state index in [1.807, 2.05) is 0 Å². The molecule has 156 valence electrons. The molecular weight excluding hydrogens is 376 g/mol. The average molecular weight is 403 g/mol. The van der Waals surface area contributed by atoms with Crippen molar-refractivity contribution in [2.24, 2.45) is 0 Å². The topological polar surface area (TPSA) is 61.4 Å². The summed E-state index contributed by atoms with van der Waals surface area (Å²) in [7, 11) is 0. The predicted molar refractivity (Wildman–Crippen MR) is 112 cm³/mol. The standard InChI is InChI=1S/C21H27F2N5O/c1-4-9-16-14-25-21(24-12-8-13-27(5-2)6-3)26-20(16)28(15-29)19-17(22)10-7-11-18(19)23/h4,7,9-11,14-15H,5-6,8,12-13H2,1-3H3,(H,24,25,26)/b9-4-. The number of para-hydroxylation sites is 1. The highest BCUT2D eigenvalue weighted by Gasteiger charge is 2.22. The quantitative estimate of drug-likeness (QED) is 0.449. The number of anilines is 3. The molecule has 0 aliphatic carbocycles. The summed E-state index contributed by atoms with van der Waals surface area (Å²) in [6, 6.07) is 3.43. The molecule has 1 amide bonds. The smallest absolute Gasteiger partial charge is 0.224 e.